The zero-order chi connectivity index (χ0) is 14.6. The molecule has 4 nitrogen and oxygen atoms in total. The van der Waals surface area contributed by atoms with Gasteiger partial charge in [0.05, 0.1) is 16.0 Å². The number of benzene rings is 1. The maximum Gasteiger partial charge on any atom is 0.210 e. The van der Waals surface area contributed by atoms with Gasteiger partial charge in [0, 0.05) is 5.69 Å². The van der Waals surface area contributed by atoms with E-state index in [1.807, 2.05) is 0 Å². The number of rotatable bonds is 3. The van der Waals surface area contributed by atoms with Crippen LogP contribution in [-0.4, -0.2) is 19.2 Å². The normalized spacial score (nSPS) is 28.5. The van der Waals surface area contributed by atoms with Crippen molar-refractivity contribution in [3.8, 4) is 0 Å². The molecule has 0 amide bonds. The van der Waals surface area contributed by atoms with E-state index in [4.69, 9.17) is 5.73 Å². The van der Waals surface area contributed by atoms with E-state index in [2.05, 4.69) is 4.98 Å². The van der Waals surface area contributed by atoms with Gasteiger partial charge in [-0.3, -0.25) is 0 Å². The van der Waals surface area contributed by atoms with Gasteiger partial charge in [-0.15, -0.1) is 11.3 Å². The molecule has 21 heavy (non-hydrogen) atoms. The second kappa shape index (κ2) is 4.68. The molecule has 1 aromatic carbocycles. The van der Waals surface area contributed by atoms with Crippen LogP contribution in [0.3, 0.4) is 0 Å². The van der Waals surface area contributed by atoms with E-state index in [9.17, 15) is 8.42 Å². The molecule has 3 atom stereocenters. The highest BCUT2D eigenvalue weighted by molar-refractivity contribution is 7.93. The van der Waals surface area contributed by atoms with Gasteiger partial charge < -0.3 is 5.73 Å². The monoisotopic (exact) mass is 322 g/mol. The van der Waals surface area contributed by atoms with Crippen LogP contribution in [0.1, 0.15) is 25.7 Å². The topological polar surface area (TPSA) is 73.0 Å². The number of fused-ring (bicyclic) bond motifs is 3. The molecule has 2 aromatic rings. The van der Waals surface area contributed by atoms with Gasteiger partial charge in [0.1, 0.15) is 0 Å². The molecule has 2 aliphatic carbocycles. The average molecular weight is 322 g/mol. The second-order valence-corrected chi connectivity index (χ2v) is 9.66. The first-order valence-electron chi connectivity index (χ1n) is 7.40. The smallest absolute Gasteiger partial charge is 0.210 e. The molecule has 2 bridgehead atoms. The second-order valence-electron chi connectivity index (χ2n) is 6.42. The summed E-state index contributed by atoms with van der Waals surface area (Å²) in [7, 11) is -3.27. The first-order chi connectivity index (χ1) is 10.0. The summed E-state index contributed by atoms with van der Waals surface area (Å²) in [5.41, 5.74) is 7.11. The largest absolute Gasteiger partial charge is 0.399 e. The quantitative estimate of drug-likeness (QED) is 0.881. The Morgan fingerprint density at radius 2 is 2.14 bits per heavy atom. The Bertz CT molecular complexity index is 797. The fraction of sp³-hybridized carbons (Fsp3) is 0.533. The number of sulfone groups is 1. The minimum absolute atomic E-state index is 0.255. The molecule has 1 aromatic heterocycles. The predicted molar refractivity (Wildman–Crippen MR) is 85.0 cm³/mol. The Morgan fingerprint density at radius 1 is 1.29 bits per heavy atom. The Hall–Kier alpha value is -1.14. The van der Waals surface area contributed by atoms with Gasteiger partial charge in [0.2, 0.25) is 14.2 Å². The summed E-state index contributed by atoms with van der Waals surface area (Å²) in [5, 5.41) is 0. The number of nitrogens with zero attached hydrogens (tertiary/aromatic N) is 1. The zero-order valence-corrected chi connectivity index (χ0v) is 13.3. The van der Waals surface area contributed by atoms with Crippen LogP contribution >= 0.6 is 11.3 Å². The summed E-state index contributed by atoms with van der Waals surface area (Å²) >= 11 is 1.24. The van der Waals surface area contributed by atoms with E-state index in [1.165, 1.54) is 30.6 Å². The van der Waals surface area contributed by atoms with Gasteiger partial charge >= 0.3 is 0 Å². The third-order valence-corrected chi connectivity index (χ3v) is 8.29. The minimum Gasteiger partial charge on any atom is -0.399 e. The summed E-state index contributed by atoms with van der Waals surface area (Å²) in [6, 6.07) is 5.34. The number of thiazole rings is 1. The number of nitrogens with two attached hydrogens (primary N) is 1. The molecule has 6 heteroatoms. The molecule has 0 aliphatic heterocycles. The molecule has 0 radical (unpaired) electrons. The maximum atomic E-state index is 12.6. The number of hydrogen-bond donors (Lipinski definition) is 1. The lowest BCUT2D eigenvalue weighted by atomic mass is 9.90. The van der Waals surface area contributed by atoms with Crippen molar-refractivity contribution in [3.63, 3.8) is 0 Å². The Morgan fingerprint density at radius 3 is 2.86 bits per heavy atom. The van der Waals surface area contributed by atoms with Crippen molar-refractivity contribution in [1.82, 2.24) is 4.98 Å². The van der Waals surface area contributed by atoms with Crippen LogP contribution in [-0.2, 0) is 9.84 Å². The Labute approximate surface area is 128 Å². The van der Waals surface area contributed by atoms with Crippen molar-refractivity contribution in [3.05, 3.63) is 18.2 Å². The molecule has 112 valence electrons. The van der Waals surface area contributed by atoms with Crippen LogP contribution in [0.25, 0.3) is 10.2 Å². The zero-order valence-electron chi connectivity index (χ0n) is 11.7. The van der Waals surface area contributed by atoms with Gasteiger partial charge in [-0.05, 0) is 55.2 Å². The van der Waals surface area contributed by atoms with E-state index in [0.29, 0.717) is 17.5 Å². The van der Waals surface area contributed by atoms with Crippen molar-refractivity contribution < 1.29 is 8.42 Å². The van der Waals surface area contributed by atoms with Gasteiger partial charge in [0.25, 0.3) is 0 Å². The van der Waals surface area contributed by atoms with Crippen LogP contribution in [0.2, 0.25) is 0 Å². The molecular formula is C15H18N2O2S2. The highest BCUT2D eigenvalue weighted by atomic mass is 32.2. The van der Waals surface area contributed by atoms with Crippen LogP contribution in [0, 0.1) is 17.8 Å². The number of aromatic nitrogens is 1. The summed E-state index contributed by atoms with van der Waals surface area (Å²) in [6.07, 6.45) is 4.82. The average Bonchev–Trinajstić information content (AvgIpc) is 3.11. The highest BCUT2D eigenvalue weighted by Gasteiger charge is 2.41. The van der Waals surface area contributed by atoms with E-state index in [0.717, 1.165) is 22.6 Å². The van der Waals surface area contributed by atoms with Crippen LogP contribution in [0.5, 0.6) is 0 Å². The molecule has 2 aliphatic rings. The van der Waals surface area contributed by atoms with Crippen LogP contribution < -0.4 is 5.73 Å². The Balaban J connectivity index is 1.63. The summed E-state index contributed by atoms with van der Waals surface area (Å²) in [5.74, 6) is 2.00. The number of hydrogen-bond acceptors (Lipinski definition) is 5. The van der Waals surface area contributed by atoms with Gasteiger partial charge in [0.15, 0.2) is 0 Å². The lowest BCUT2D eigenvalue weighted by molar-refractivity contribution is 0.360. The van der Waals surface area contributed by atoms with E-state index in [1.54, 1.807) is 18.2 Å². The summed E-state index contributed by atoms with van der Waals surface area (Å²) in [4.78, 5) is 4.30. The van der Waals surface area contributed by atoms with Crippen molar-refractivity contribution in [2.75, 3.05) is 11.5 Å². The predicted octanol–water partition coefficient (Wildman–Crippen LogP) is 3.09. The standard InChI is InChI=1S/C15H18N2O2S2/c16-12-3-4-13-14(7-12)20-15(17-13)21(18,19)8-11-6-9-1-2-10(11)5-9/h3-4,7,9-11H,1-2,5-6,8,16H2. The highest BCUT2D eigenvalue weighted by Crippen LogP contribution is 2.49. The Kier molecular flexibility index (Phi) is 3.01. The fourth-order valence-electron chi connectivity index (χ4n) is 3.99. The molecule has 1 heterocycles. The lowest BCUT2D eigenvalue weighted by Gasteiger charge is -2.20. The third kappa shape index (κ3) is 2.34. The van der Waals surface area contributed by atoms with Crippen LogP contribution in [0.15, 0.2) is 22.5 Å². The lowest BCUT2D eigenvalue weighted by Crippen LogP contribution is -2.21. The molecule has 4 rings (SSSR count). The molecule has 3 unspecified atom stereocenters. The number of nitrogen functional groups attached to an aromatic ring is 1. The van der Waals surface area contributed by atoms with E-state index < -0.39 is 9.84 Å². The molecule has 0 saturated heterocycles. The van der Waals surface area contributed by atoms with Crippen molar-refractivity contribution in [1.29, 1.82) is 0 Å². The molecule has 2 fully saturated rings. The van der Waals surface area contributed by atoms with E-state index >= 15 is 0 Å². The SMILES string of the molecule is Nc1ccc2nc(S(=O)(=O)CC3CC4CCC3C4)sc2c1. The summed E-state index contributed by atoms with van der Waals surface area (Å²) in [6.45, 7) is 0. The van der Waals surface area contributed by atoms with Crippen LogP contribution in [0.4, 0.5) is 5.69 Å². The van der Waals surface area contributed by atoms with Crippen molar-refractivity contribution >= 4 is 37.1 Å². The first-order valence-corrected chi connectivity index (χ1v) is 9.87. The van der Waals surface area contributed by atoms with Gasteiger partial charge in [-0.25, -0.2) is 13.4 Å². The van der Waals surface area contributed by atoms with Gasteiger partial charge in [-0.2, -0.15) is 0 Å². The molecule has 2 saturated carbocycles. The first kappa shape index (κ1) is 13.5. The van der Waals surface area contributed by atoms with Crippen molar-refractivity contribution in [2.24, 2.45) is 17.8 Å². The van der Waals surface area contributed by atoms with E-state index in [-0.39, 0.29) is 10.1 Å². The molecule has 2 N–H and O–H groups in total. The third-order valence-electron chi connectivity index (χ3n) is 4.98. The molecular weight excluding hydrogens is 304 g/mol. The fourth-order valence-corrected chi connectivity index (χ4v) is 7.07. The molecule has 0 spiro atoms. The van der Waals surface area contributed by atoms with Crippen molar-refractivity contribution in [2.45, 2.75) is 30.0 Å². The number of anilines is 1. The minimum atomic E-state index is -3.27. The maximum absolute atomic E-state index is 12.6. The summed E-state index contributed by atoms with van der Waals surface area (Å²) < 4.78 is 26.4. The van der Waals surface area contributed by atoms with Gasteiger partial charge in [-0.1, -0.05) is 6.42 Å².